The second-order valence-electron chi connectivity index (χ2n) is 4.29. The van der Waals surface area contributed by atoms with Crippen molar-refractivity contribution in [3.8, 4) is 0 Å². The number of carbonyl (C=O) groups excluding carboxylic acids is 1. The van der Waals surface area contributed by atoms with Gasteiger partial charge in [-0.05, 0) is 18.1 Å². The van der Waals surface area contributed by atoms with E-state index in [0.717, 1.165) is 18.4 Å². The number of aromatic carboxylic acids is 1. The number of benzene rings is 1. The molecule has 1 heterocycles. The third-order valence-corrected chi connectivity index (χ3v) is 2.85. The first-order chi connectivity index (χ1) is 9.63. The molecule has 3 N–H and O–H groups in total. The number of nitrogens with zero attached hydrogens (tertiary/aromatic N) is 1. The lowest BCUT2D eigenvalue weighted by Gasteiger charge is -2.09. The number of H-pyrrole nitrogens is 1. The highest BCUT2D eigenvalue weighted by Crippen LogP contribution is 2.18. The van der Waals surface area contributed by atoms with E-state index in [-0.39, 0.29) is 11.4 Å². The molecule has 104 valence electrons. The van der Waals surface area contributed by atoms with Crippen molar-refractivity contribution in [1.29, 1.82) is 0 Å². The van der Waals surface area contributed by atoms with Crippen molar-refractivity contribution in [3.63, 3.8) is 0 Å². The molecule has 0 unspecified atom stereocenters. The molecule has 0 aliphatic heterocycles. The third kappa shape index (κ3) is 2.85. The van der Waals surface area contributed by atoms with Crippen LogP contribution in [0.4, 0.5) is 5.69 Å². The predicted octanol–water partition coefficient (Wildman–Crippen LogP) is 2.31. The van der Waals surface area contributed by atoms with Gasteiger partial charge in [-0.3, -0.25) is 4.79 Å². The zero-order chi connectivity index (χ0) is 14.5. The number of anilines is 1. The number of imidazole rings is 1. The maximum atomic E-state index is 12.1. The molecule has 0 radical (unpaired) electrons. The van der Waals surface area contributed by atoms with E-state index in [0.29, 0.717) is 5.69 Å². The average Bonchev–Trinajstić information content (AvgIpc) is 2.91. The molecular formula is C14H15N3O3. The molecule has 0 spiro atoms. The number of rotatable bonds is 5. The Morgan fingerprint density at radius 1 is 1.35 bits per heavy atom. The fraction of sp³-hybridized carbons (Fsp3) is 0.214. The van der Waals surface area contributed by atoms with Gasteiger partial charge in [0.05, 0.1) is 6.33 Å². The number of para-hydroxylation sites is 1. The van der Waals surface area contributed by atoms with Crippen LogP contribution in [-0.2, 0) is 6.42 Å². The second kappa shape index (κ2) is 6.01. The summed E-state index contributed by atoms with van der Waals surface area (Å²) in [6, 6.07) is 7.44. The Hall–Kier alpha value is -2.63. The summed E-state index contributed by atoms with van der Waals surface area (Å²) in [4.78, 5) is 29.3. The molecule has 0 aliphatic carbocycles. The molecule has 6 nitrogen and oxygen atoms in total. The summed E-state index contributed by atoms with van der Waals surface area (Å²) in [5.74, 6) is -1.75. The summed E-state index contributed by atoms with van der Waals surface area (Å²) in [5.41, 5.74) is 1.36. The Balaban J connectivity index is 2.24. The van der Waals surface area contributed by atoms with Gasteiger partial charge in [0.1, 0.15) is 0 Å². The van der Waals surface area contributed by atoms with Gasteiger partial charge in [-0.25, -0.2) is 9.78 Å². The van der Waals surface area contributed by atoms with E-state index in [9.17, 15) is 9.59 Å². The highest BCUT2D eigenvalue weighted by molar-refractivity contribution is 6.08. The predicted molar refractivity (Wildman–Crippen MR) is 73.9 cm³/mol. The summed E-state index contributed by atoms with van der Waals surface area (Å²) < 4.78 is 0. The highest BCUT2D eigenvalue weighted by atomic mass is 16.4. The van der Waals surface area contributed by atoms with Gasteiger partial charge in [0.15, 0.2) is 11.4 Å². The molecule has 0 fully saturated rings. The Bertz CT molecular complexity index is 634. The zero-order valence-corrected chi connectivity index (χ0v) is 11.0. The number of nitrogens with one attached hydrogen (secondary N) is 2. The largest absolute Gasteiger partial charge is 0.477 e. The van der Waals surface area contributed by atoms with Crippen LogP contribution in [0.25, 0.3) is 0 Å². The van der Waals surface area contributed by atoms with Crippen LogP contribution in [-0.4, -0.2) is 27.0 Å². The van der Waals surface area contributed by atoms with Crippen LogP contribution in [0.15, 0.2) is 30.6 Å². The van der Waals surface area contributed by atoms with Gasteiger partial charge in [-0.2, -0.15) is 0 Å². The minimum absolute atomic E-state index is 0.121. The lowest BCUT2D eigenvalue weighted by molar-refractivity contribution is 0.0686. The Morgan fingerprint density at radius 2 is 2.10 bits per heavy atom. The monoisotopic (exact) mass is 273 g/mol. The van der Waals surface area contributed by atoms with Gasteiger partial charge in [-0.1, -0.05) is 31.5 Å². The molecule has 0 atom stereocenters. The topological polar surface area (TPSA) is 95.1 Å². The van der Waals surface area contributed by atoms with Crippen LogP contribution in [0, 0.1) is 0 Å². The first-order valence-electron chi connectivity index (χ1n) is 6.29. The van der Waals surface area contributed by atoms with Gasteiger partial charge in [0.25, 0.3) is 5.91 Å². The van der Waals surface area contributed by atoms with Gasteiger partial charge in [-0.15, -0.1) is 0 Å². The molecule has 2 aromatic rings. The van der Waals surface area contributed by atoms with Gasteiger partial charge in [0, 0.05) is 5.69 Å². The molecule has 1 amide bonds. The number of aromatic amines is 1. The zero-order valence-electron chi connectivity index (χ0n) is 11.0. The van der Waals surface area contributed by atoms with E-state index in [2.05, 4.69) is 22.2 Å². The van der Waals surface area contributed by atoms with E-state index in [1.54, 1.807) is 6.07 Å². The van der Waals surface area contributed by atoms with Crippen molar-refractivity contribution in [2.24, 2.45) is 0 Å². The van der Waals surface area contributed by atoms with E-state index >= 15 is 0 Å². The fourth-order valence-electron chi connectivity index (χ4n) is 1.94. The summed E-state index contributed by atoms with van der Waals surface area (Å²) in [5, 5.41) is 11.7. The van der Waals surface area contributed by atoms with Crippen molar-refractivity contribution in [2.75, 3.05) is 5.32 Å². The average molecular weight is 273 g/mol. The maximum absolute atomic E-state index is 12.1. The normalized spacial score (nSPS) is 10.2. The van der Waals surface area contributed by atoms with Gasteiger partial charge < -0.3 is 15.4 Å². The summed E-state index contributed by atoms with van der Waals surface area (Å²) in [6.07, 6.45) is 2.98. The lowest BCUT2D eigenvalue weighted by atomic mass is 10.1. The summed E-state index contributed by atoms with van der Waals surface area (Å²) >= 11 is 0. The Labute approximate surface area is 115 Å². The third-order valence-electron chi connectivity index (χ3n) is 2.85. The number of aryl methyl sites for hydroxylation is 1. The van der Waals surface area contributed by atoms with Crippen LogP contribution in [0.5, 0.6) is 0 Å². The van der Waals surface area contributed by atoms with E-state index in [4.69, 9.17) is 5.11 Å². The minimum Gasteiger partial charge on any atom is -0.477 e. The van der Waals surface area contributed by atoms with Crippen molar-refractivity contribution < 1.29 is 14.7 Å². The van der Waals surface area contributed by atoms with Crippen molar-refractivity contribution in [3.05, 3.63) is 47.5 Å². The summed E-state index contributed by atoms with van der Waals surface area (Å²) in [6.45, 7) is 2.05. The number of amides is 1. The van der Waals surface area contributed by atoms with Gasteiger partial charge in [0.2, 0.25) is 0 Å². The number of carboxylic acid groups (broad SMARTS) is 1. The van der Waals surface area contributed by atoms with Crippen molar-refractivity contribution in [1.82, 2.24) is 9.97 Å². The Morgan fingerprint density at radius 3 is 2.80 bits per heavy atom. The molecule has 1 aromatic carbocycles. The second-order valence-corrected chi connectivity index (χ2v) is 4.29. The standard InChI is InChI=1S/C14H15N3O3/c1-2-5-9-6-3-4-7-10(9)17-13(18)11-12(14(19)20)16-8-15-11/h3-4,6-8H,2,5H2,1H3,(H,15,16)(H,17,18)(H,19,20). The number of hydrogen-bond acceptors (Lipinski definition) is 3. The van der Waals surface area contributed by atoms with Crippen molar-refractivity contribution in [2.45, 2.75) is 19.8 Å². The molecular weight excluding hydrogens is 258 g/mol. The van der Waals surface area contributed by atoms with Crippen molar-refractivity contribution >= 4 is 17.6 Å². The van der Waals surface area contributed by atoms with Crippen LogP contribution in [0.1, 0.15) is 39.9 Å². The Kier molecular flexibility index (Phi) is 4.14. The molecule has 2 rings (SSSR count). The first-order valence-corrected chi connectivity index (χ1v) is 6.29. The molecule has 0 saturated carbocycles. The molecule has 0 aliphatic rings. The highest BCUT2D eigenvalue weighted by Gasteiger charge is 2.20. The molecule has 0 saturated heterocycles. The van der Waals surface area contributed by atoms with Crippen LogP contribution < -0.4 is 5.32 Å². The minimum atomic E-state index is -1.21. The van der Waals surface area contributed by atoms with E-state index < -0.39 is 11.9 Å². The fourth-order valence-corrected chi connectivity index (χ4v) is 1.94. The van der Waals surface area contributed by atoms with E-state index in [1.807, 2.05) is 18.2 Å². The van der Waals surface area contributed by atoms with E-state index in [1.165, 1.54) is 6.33 Å². The van der Waals surface area contributed by atoms with Crippen LogP contribution in [0.3, 0.4) is 0 Å². The molecule has 20 heavy (non-hydrogen) atoms. The number of carboxylic acids is 1. The first kappa shape index (κ1) is 13.8. The maximum Gasteiger partial charge on any atom is 0.354 e. The molecule has 6 heteroatoms. The van der Waals surface area contributed by atoms with Crippen LogP contribution >= 0.6 is 0 Å². The quantitative estimate of drug-likeness (QED) is 0.779. The molecule has 1 aromatic heterocycles. The number of carbonyl (C=O) groups is 2. The van der Waals surface area contributed by atoms with Gasteiger partial charge >= 0.3 is 5.97 Å². The van der Waals surface area contributed by atoms with Crippen LogP contribution in [0.2, 0.25) is 0 Å². The SMILES string of the molecule is CCCc1ccccc1NC(=O)c1nc[nH]c1C(=O)O. The number of hydrogen-bond donors (Lipinski definition) is 3. The summed E-state index contributed by atoms with van der Waals surface area (Å²) in [7, 11) is 0. The smallest absolute Gasteiger partial charge is 0.354 e. The number of aromatic nitrogens is 2. The lowest BCUT2D eigenvalue weighted by Crippen LogP contribution is -2.17. The molecule has 0 bridgehead atoms.